The number of nitrogens with one attached hydrogen (secondary N) is 1. The highest BCUT2D eigenvalue weighted by Crippen LogP contribution is 2.40. The fraction of sp³-hybridized carbons (Fsp3) is 0.455. The highest BCUT2D eigenvalue weighted by molar-refractivity contribution is 6.30. The van der Waals surface area contributed by atoms with E-state index in [2.05, 4.69) is 30.5 Å². The number of fused-ring (bicyclic) bond motifs is 2. The van der Waals surface area contributed by atoms with Crippen LogP contribution in [0.1, 0.15) is 18.4 Å². The molecule has 1 aliphatic heterocycles. The lowest BCUT2D eigenvalue weighted by molar-refractivity contribution is 0.373. The predicted octanol–water partition coefficient (Wildman–Crippen LogP) is 3.69. The van der Waals surface area contributed by atoms with Crippen LogP contribution in [0.25, 0.3) is 0 Å². The molecule has 0 radical (unpaired) electrons. The van der Waals surface area contributed by atoms with E-state index in [4.69, 9.17) is 21.1 Å². The van der Waals surface area contributed by atoms with E-state index in [-0.39, 0.29) is 0 Å². The van der Waals surface area contributed by atoms with Crippen LogP contribution < -0.4 is 19.7 Å². The average molecular weight is 456 g/mol. The molecule has 0 spiro atoms. The number of hydrogen-bond acceptors (Lipinski definition) is 8. The molecular formula is C22H26ClN7O2. The molecule has 2 fully saturated rings. The average Bonchev–Trinajstić information content (AvgIpc) is 3.20. The van der Waals surface area contributed by atoms with Crippen molar-refractivity contribution in [3.8, 4) is 17.6 Å². The number of piperidine rings is 1. The number of hydrogen-bond donors (Lipinski definition) is 1. The van der Waals surface area contributed by atoms with Crippen molar-refractivity contribution >= 4 is 23.2 Å². The van der Waals surface area contributed by atoms with Gasteiger partial charge >= 0.3 is 6.01 Å². The number of ether oxygens (including phenoxy) is 2. The topological polar surface area (TPSA) is 90.2 Å². The largest absolute Gasteiger partial charge is 0.480 e. The van der Waals surface area contributed by atoms with Crippen LogP contribution in [0.15, 0.2) is 30.5 Å². The molecule has 10 heteroatoms. The molecule has 3 heterocycles. The third-order valence-electron chi connectivity index (χ3n) is 6.27. The fourth-order valence-corrected chi connectivity index (χ4v) is 5.10. The van der Waals surface area contributed by atoms with Crippen molar-refractivity contribution in [3.63, 3.8) is 0 Å². The summed E-state index contributed by atoms with van der Waals surface area (Å²) in [6.07, 6.45) is 4.15. The smallest absolute Gasteiger partial charge is 0.321 e. The van der Waals surface area contributed by atoms with E-state index in [9.17, 15) is 0 Å². The lowest BCUT2D eigenvalue weighted by atomic mass is 9.92. The third kappa shape index (κ3) is 4.17. The molecule has 9 nitrogen and oxygen atoms in total. The number of nitrogens with zero attached hydrogens (tertiary/aromatic N) is 6. The van der Waals surface area contributed by atoms with Gasteiger partial charge in [-0.1, -0.05) is 11.6 Å². The molecule has 1 aromatic carbocycles. The molecule has 0 unspecified atom stereocenters. The highest BCUT2D eigenvalue weighted by atomic mass is 35.5. The molecule has 3 aromatic rings. The third-order valence-corrected chi connectivity index (χ3v) is 6.49. The van der Waals surface area contributed by atoms with Crippen LogP contribution >= 0.6 is 11.6 Å². The van der Waals surface area contributed by atoms with Gasteiger partial charge in [0.2, 0.25) is 11.8 Å². The first-order chi connectivity index (χ1) is 15.5. The Balaban J connectivity index is 1.28. The molecule has 1 N–H and O–H groups in total. The Morgan fingerprint density at radius 3 is 2.62 bits per heavy atom. The van der Waals surface area contributed by atoms with Crippen LogP contribution in [0, 0.1) is 18.8 Å². The van der Waals surface area contributed by atoms with Crippen molar-refractivity contribution in [2.45, 2.75) is 25.8 Å². The Morgan fingerprint density at radius 1 is 1.12 bits per heavy atom. The van der Waals surface area contributed by atoms with Crippen molar-refractivity contribution in [1.29, 1.82) is 0 Å². The van der Waals surface area contributed by atoms with Crippen LogP contribution in [0.5, 0.6) is 17.6 Å². The maximum atomic E-state index is 6.15. The van der Waals surface area contributed by atoms with E-state index in [1.807, 2.05) is 32.2 Å². The summed E-state index contributed by atoms with van der Waals surface area (Å²) in [6.45, 7) is 3.87. The van der Waals surface area contributed by atoms with E-state index < -0.39 is 0 Å². The Labute approximate surface area is 191 Å². The van der Waals surface area contributed by atoms with Gasteiger partial charge in [0.15, 0.2) is 0 Å². The monoisotopic (exact) mass is 455 g/mol. The highest BCUT2D eigenvalue weighted by Gasteiger charge is 2.42. The zero-order chi connectivity index (χ0) is 22.2. The summed E-state index contributed by atoms with van der Waals surface area (Å²) in [5.41, 5.74) is 2.08. The first kappa shape index (κ1) is 20.8. The van der Waals surface area contributed by atoms with Crippen molar-refractivity contribution in [1.82, 2.24) is 25.0 Å². The standard InChI is InChI=1S/C22H26ClN7O2/c1-13-6-16(23)8-18(7-13)32-22-26-21(28-29(22)2)25-20-14-4-5-15(20)12-30(11-14)17-9-19(31-3)27-24-10-17/h6-10,14-15,20H,4-5,11-12H2,1-3H3,(H,25,28)/t14-,15+,20+. The van der Waals surface area contributed by atoms with E-state index in [1.165, 1.54) is 12.8 Å². The molecule has 1 aliphatic carbocycles. The quantitative estimate of drug-likeness (QED) is 0.601. The van der Waals surface area contributed by atoms with E-state index >= 15 is 0 Å². The summed E-state index contributed by atoms with van der Waals surface area (Å²) in [4.78, 5) is 6.96. The molecule has 1 saturated heterocycles. The van der Waals surface area contributed by atoms with Gasteiger partial charge in [0.1, 0.15) is 5.75 Å². The molecular weight excluding hydrogens is 430 g/mol. The molecule has 2 bridgehead atoms. The SMILES string of the molecule is COc1cc(N2C[C@H]3CC[C@@H](C2)[C@H]3Nc2nc(Oc3cc(C)cc(Cl)c3)n(C)n2)cnn1. The normalized spacial score (nSPS) is 22.1. The van der Waals surface area contributed by atoms with Gasteiger partial charge in [-0.25, -0.2) is 4.68 Å². The minimum atomic E-state index is 0.326. The molecule has 5 rings (SSSR count). The summed E-state index contributed by atoms with van der Waals surface area (Å²) in [5.74, 6) is 2.76. The summed E-state index contributed by atoms with van der Waals surface area (Å²) >= 11 is 6.15. The second-order valence-electron chi connectivity index (χ2n) is 8.54. The Bertz CT molecular complexity index is 1090. The zero-order valence-electron chi connectivity index (χ0n) is 18.3. The predicted molar refractivity (Wildman–Crippen MR) is 122 cm³/mol. The fourth-order valence-electron chi connectivity index (χ4n) is 4.82. The van der Waals surface area contributed by atoms with Gasteiger partial charge in [-0.2, -0.15) is 10.1 Å². The second kappa shape index (κ2) is 8.46. The molecule has 3 atom stereocenters. The summed E-state index contributed by atoms with van der Waals surface area (Å²) in [7, 11) is 3.44. The first-order valence-electron chi connectivity index (χ1n) is 10.7. The van der Waals surface area contributed by atoms with E-state index in [1.54, 1.807) is 24.1 Å². The Hall–Kier alpha value is -3.07. The molecule has 2 aliphatic rings. The Morgan fingerprint density at radius 2 is 1.91 bits per heavy atom. The molecule has 168 valence electrons. The van der Waals surface area contributed by atoms with Gasteiger partial charge in [-0.05, 0) is 55.4 Å². The Kier molecular flexibility index (Phi) is 5.50. The first-order valence-corrected chi connectivity index (χ1v) is 11.1. The number of methoxy groups -OCH3 is 1. The van der Waals surface area contributed by atoms with Crippen LogP contribution in [-0.2, 0) is 7.05 Å². The van der Waals surface area contributed by atoms with Gasteiger partial charge in [-0.3, -0.25) is 0 Å². The van der Waals surface area contributed by atoms with Gasteiger partial charge in [0, 0.05) is 37.3 Å². The number of anilines is 2. The van der Waals surface area contributed by atoms with Crippen LogP contribution in [0.4, 0.5) is 11.6 Å². The van der Waals surface area contributed by atoms with Crippen molar-refractivity contribution < 1.29 is 9.47 Å². The van der Waals surface area contributed by atoms with Crippen LogP contribution in [0.2, 0.25) is 5.02 Å². The van der Waals surface area contributed by atoms with Gasteiger partial charge in [0.25, 0.3) is 0 Å². The number of halogens is 1. The molecule has 32 heavy (non-hydrogen) atoms. The van der Waals surface area contributed by atoms with Crippen molar-refractivity contribution in [2.75, 3.05) is 30.4 Å². The summed E-state index contributed by atoms with van der Waals surface area (Å²) in [6, 6.07) is 8.28. The second-order valence-corrected chi connectivity index (χ2v) is 8.97. The number of aromatic nitrogens is 5. The van der Waals surface area contributed by atoms with Crippen molar-refractivity contribution in [2.24, 2.45) is 18.9 Å². The van der Waals surface area contributed by atoms with Crippen LogP contribution in [0.3, 0.4) is 0 Å². The van der Waals surface area contributed by atoms with Crippen molar-refractivity contribution in [3.05, 3.63) is 41.0 Å². The van der Waals surface area contributed by atoms with E-state index in [0.717, 1.165) is 24.3 Å². The van der Waals surface area contributed by atoms with Gasteiger partial charge in [-0.15, -0.1) is 10.2 Å². The molecule has 2 aromatic heterocycles. The lowest BCUT2D eigenvalue weighted by Gasteiger charge is -2.39. The number of rotatable bonds is 6. The summed E-state index contributed by atoms with van der Waals surface area (Å²) < 4.78 is 12.8. The number of aryl methyl sites for hydroxylation is 2. The lowest BCUT2D eigenvalue weighted by Crippen LogP contribution is -2.48. The van der Waals surface area contributed by atoms with E-state index in [0.29, 0.717) is 46.5 Å². The van der Waals surface area contributed by atoms with Crippen LogP contribution in [-0.4, -0.2) is 51.2 Å². The van der Waals surface area contributed by atoms with Gasteiger partial charge < -0.3 is 19.7 Å². The minimum Gasteiger partial charge on any atom is -0.480 e. The number of benzene rings is 1. The van der Waals surface area contributed by atoms with Gasteiger partial charge in [0.05, 0.1) is 19.0 Å². The maximum absolute atomic E-state index is 6.15. The minimum absolute atomic E-state index is 0.326. The molecule has 1 saturated carbocycles. The maximum Gasteiger partial charge on any atom is 0.321 e. The summed E-state index contributed by atoms with van der Waals surface area (Å²) in [5, 5.41) is 16.8. The molecule has 0 amide bonds. The zero-order valence-corrected chi connectivity index (χ0v) is 19.1.